The minimum absolute atomic E-state index is 0.503. The molecule has 0 fully saturated rings. The molecular weight excluding hydrogens is 246 g/mol. The van der Waals surface area contributed by atoms with E-state index in [9.17, 15) is 0 Å². The third-order valence-electron chi connectivity index (χ3n) is 3.56. The predicted octanol–water partition coefficient (Wildman–Crippen LogP) is 2.62. The zero-order valence-electron chi connectivity index (χ0n) is 11.4. The lowest BCUT2D eigenvalue weighted by atomic mass is 9.89. The first-order valence-electron chi connectivity index (χ1n) is 6.68. The highest BCUT2D eigenvalue weighted by atomic mass is 15.2. The van der Waals surface area contributed by atoms with Gasteiger partial charge in [-0.05, 0) is 12.6 Å². The summed E-state index contributed by atoms with van der Waals surface area (Å²) >= 11 is 0. The van der Waals surface area contributed by atoms with Crippen LogP contribution in [0.4, 0.5) is 0 Å². The molecule has 3 heteroatoms. The summed E-state index contributed by atoms with van der Waals surface area (Å²) in [6.45, 7) is 0. The molecule has 0 spiro atoms. The van der Waals surface area contributed by atoms with Crippen LogP contribution in [0.2, 0.25) is 0 Å². The van der Waals surface area contributed by atoms with E-state index >= 15 is 0 Å². The van der Waals surface area contributed by atoms with Gasteiger partial charge in [0.1, 0.15) is 0 Å². The molecule has 100 valence electrons. The second-order valence-electron chi connectivity index (χ2n) is 4.67. The maximum atomic E-state index is 4.61. The van der Waals surface area contributed by atoms with E-state index in [1.54, 1.807) is 6.20 Å². The molecule has 2 N–H and O–H groups in total. The molecular formula is C17H17N3. The van der Waals surface area contributed by atoms with E-state index in [0.29, 0.717) is 0 Å². The highest BCUT2D eigenvalue weighted by Crippen LogP contribution is 2.26. The van der Waals surface area contributed by atoms with Crippen LogP contribution in [0.5, 0.6) is 0 Å². The number of benzene rings is 2. The topological polar surface area (TPSA) is 36.4 Å². The van der Waals surface area contributed by atoms with Crippen molar-refractivity contribution < 1.29 is 0 Å². The summed E-state index contributed by atoms with van der Waals surface area (Å²) in [5, 5.41) is 6.81. The van der Waals surface area contributed by atoms with Crippen LogP contribution >= 0.6 is 0 Å². The molecule has 2 aromatic carbocycles. The highest BCUT2D eigenvalue weighted by Gasteiger charge is 2.37. The van der Waals surface area contributed by atoms with E-state index in [1.165, 1.54) is 0 Å². The van der Waals surface area contributed by atoms with E-state index in [1.807, 2.05) is 49.6 Å². The summed E-state index contributed by atoms with van der Waals surface area (Å²) in [4.78, 5) is 4.61. The van der Waals surface area contributed by atoms with Crippen molar-refractivity contribution in [1.29, 1.82) is 0 Å². The van der Waals surface area contributed by atoms with E-state index in [4.69, 9.17) is 0 Å². The SMILES string of the molecule is CNC1(c2ccccc2)NC=CN=C1c1ccccc1. The predicted molar refractivity (Wildman–Crippen MR) is 82.4 cm³/mol. The monoisotopic (exact) mass is 263 g/mol. The van der Waals surface area contributed by atoms with Gasteiger partial charge in [0.2, 0.25) is 0 Å². The van der Waals surface area contributed by atoms with Gasteiger partial charge in [0, 0.05) is 18.0 Å². The molecule has 0 saturated carbocycles. The van der Waals surface area contributed by atoms with E-state index in [0.717, 1.165) is 16.8 Å². The van der Waals surface area contributed by atoms with Crippen molar-refractivity contribution in [3.63, 3.8) is 0 Å². The van der Waals surface area contributed by atoms with Crippen LogP contribution in [-0.4, -0.2) is 12.8 Å². The van der Waals surface area contributed by atoms with Crippen LogP contribution in [0.1, 0.15) is 11.1 Å². The Kier molecular flexibility index (Phi) is 3.35. The average Bonchev–Trinajstić information content (AvgIpc) is 2.56. The van der Waals surface area contributed by atoms with Gasteiger partial charge in [-0.25, -0.2) is 0 Å². The van der Waals surface area contributed by atoms with Gasteiger partial charge in [-0.15, -0.1) is 0 Å². The second kappa shape index (κ2) is 5.31. The standard InChI is InChI=1S/C17H17N3/c1-18-17(15-10-6-3-7-11-15)16(19-12-13-20-17)14-8-4-2-5-9-14/h2-13,18,20H,1H3. The number of nitrogens with one attached hydrogen (secondary N) is 2. The van der Waals surface area contributed by atoms with E-state index in [-0.39, 0.29) is 0 Å². The van der Waals surface area contributed by atoms with Crippen molar-refractivity contribution >= 4 is 5.71 Å². The fraction of sp³-hybridized carbons (Fsp3) is 0.118. The second-order valence-corrected chi connectivity index (χ2v) is 4.67. The average molecular weight is 263 g/mol. The Labute approximate surface area is 119 Å². The van der Waals surface area contributed by atoms with Gasteiger partial charge >= 0.3 is 0 Å². The van der Waals surface area contributed by atoms with Gasteiger partial charge in [0.25, 0.3) is 0 Å². The van der Waals surface area contributed by atoms with Gasteiger partial charge in [0.15, 0.2) is 5.66 Å². The smallest absolute Gasteiger partial charge is 0.158 e. The number of aliphatic imine (C=N–C) groups is 1. The van der Waals surface area contributed by atoms with Crippen LogP contribution in [0.25, 0.3) is 0 Å². The highest BCUT2D eigenvalue weighted by molar-refractivity contribution is 6.08. The normalized spacial score (nSPS) is 21.1. The molecule has 0 aliphatic carbocycles. The largest absolute Gasteiger partial charge is 0.363 e. The minimum Gasteiger partial charge on any atom is -0.363 e. The number of likely N-dealkylation sites (N-methyl/N-ethyl adjacent to an activating group) is 1. The number of rotatable bonds is 3. The quantitative estimate of drug-likeness (QED) is 0.893. The summed E-state index contributed by atoms with van der Waals surface area (Å²) in [6.07, 6.45) is 3.66. The Morgan fingerprint density at radius 1 is 0.950 bits per heavy atom. The van der Waals surface area contributed by atoms with Gasteiger partial charge in [-0.1, -0.05) is 60.7 Å². The molecule has 1 unspecified atom stereocenters. The molecule has 3 rings (SSSR count). The summed E-state index contributed by atoms with van der Waals surface area (Å²) in [6, 6.07) is 20.5. The van der Waals surface area contributed by atoms with Gasteiger partial charge in [0.05, 0.1) is 5.71 Å². The number of hydrogen-bond donors (Lipinski definition) is 2. The molecule has 0 amide bonds. The fourth-order valence-corrected chi connectivity index (χ4v) is 2.57. The third-order valence-corrected chi connectivity index (χ3v) is 3.56. The van der Waals surface area contributed by atoms with Crippen LogP contribution in [-0.2, 0) is 5.66 Å². The Morgan fingerprint density at radius 3 is 2.25 bits per heavy atom. The third kappa shape index (κ3) is 2.02. The van der Waals surface area contributed by atoms with Crippen LogP contribution in [0, 0.1) is 0 Å². The van der Waals surface area contributed by atoms with E-state index < -0.39 is 5.66 Å². The van der Waals surface area contributed by atoms with Crippen molar-refractivity contribution in [1.82, 2.24) is 10.6 Å². The van der Waals surface area contributed by atoms with Crippen molar-refractivity contribution in [2.75, 3.05) is 7.05 Å². The zero-order valence-corrected chi connectivity index (χ0v) is 11.4. The molecule has 1 aliphatic heterocycles. The van der Waals surface area contributed by atoms with Crippen LogP contribution in [0.3, 0.4) is 0 Å². The molecule has 1 atom stereocenters. The zero-order chi connectivity index (χ0) is 13.8. The van der Waals surface area contributed by atoms with Crippen LogP contribution in [0.15, 0.2) is 78.1 Å². The Balaban J connectivity index is 2.15. The van der Waals surface area contributed by atoms with Gasteiger partial charge < -0.3 is 5.32 Å². The van der Waals surface area contributed by atoms with Crippen LogP contribution < -0.4 is 10.6 Å². The summed E-state index contributed by atoms with van der Waals surface area (Å²) < 4.78 is 0. The Bertz CT molecular complexity index is 632. The van der Waals surface area contributed by atoms with Crippen molar-refractivity contribution in [2.24, 2.45) is 4.99 Å². The number of hydrogen-bond acceptors (Lipinski definition) is 3. The first-order valence-corrected chi connectivity index (χ1v) is 6.68. The lowest BCUT2D eigenvalue weighted by Crippen LogP contribution is -2.57. The van der Waals surface area contributed by atoms with Crippen molar-refractivity contribution in [3.05, 3.63) is 84.2 Å². The van der Waals surface area contributed by atoms with Gasteiger partial charge in [-0.2, -0.15) is 0 Å². The molecule has 0 aromatic heterocycles. The molecule has 0 radical (unpaired) electrons. The van der Waals surface area contributed by atoms with E-state index in [2.05, 4.69) is 39.9 Å². The lowest BCUT2D eigenvalue weighted by Gasteiger charge is -2.37. The molecule has 1 aliphatic rings. The Morgan fingerprint density at radius 2 is 1.60 bits per heavy atom. The Hall–Kier alpha value is -2.39. The molecule has 20 heavy (non-hydrogen) atoms. The minimum atomic E-state index is -0.503. The van der Waals surface area contributed by atoms with Crippen molar-refractivity contribution in [2.45, 2.75) is 5.66 Å². The lowest BCUT2D eigenvalue weighted by molar-refractivity contribution is 0.435. The first kappa shape index (κ1) is 12.6. The first-order chi connectivity index (χ1) is 9.87. The maximum Gasteiger partial charge on any atom is 0.158 e. The maximum absolute atomic E-state index is 4.61. The summed E-state index contributed by atoms with van der Waals surface area (Å²) in [7, 11) is 1.94. The molecule has 0 saturated heterocycles. The molecule has 3 nitrogen and oxygen atoms in total. The summed E-state index contributed by atoms with van der Waals surface area (Å²) in [5.74, 6) is 0. The number of nitrogens with zero attached hydrogens (tertiary/aromatic N) is 1. The molecule has 0 bridgehead atoms. The summed E-state index contributed by atoms with van der Waals surface area (Å²) in [5.41, 5.74) is 2.70. The molecule has 2 aromatic rings. The van der Waals surface area contributed by atoms with Crippen molar-refractivity contribution in [3.8, 4) is 0 Å². The molecule has 1 heterocycles. The van der Waals surface area contributed by atoms with Gasteiger partial charge in [-0.3, -0.25) is 10.3 Å². The fourth-order valence-electron chi connectivity index (χ4n) is 2.57.